The topological polar surface area (TPSA) is 58.6 Å². The standard InChI is InChI=1S/C28H38N2O3/c1-19-12-17-24(27(32)33-28(3,4)5)26(29-6)25(19)22-13-15-23(16-14-22)30(20(2)31)18-21-10-8-7-9-11-21/h7-12,17,22-23,29H,13-16,18H2,1-6H3/t22-,23-. The number of nitrogens with zero attached hydrogens (tertiary/aromatic N) is 1. The van der Waals surface area contributed by atoms with Crippen molar-refractivity contribution in [1.29, 1.82) is 0 Å². The third kappa shape index (κ3) is 6.16. The average molecular weight is 451 g/mol. The first-order valence-corrected chi connectivity index (χ1v) is 12.0. The van der Waals surface area contributed by atoms with Crippen molar-refractivity contribution in [2.45, 2.75) is 84.4 Å². The maximum atomic E-state index is 12.9. The molecule has 1 N–H and O–H groups in total. The number of benzene rings is 2. The van der Waals surface area contributed by atoms with E-state index in [9.17, 15) is 9.59 Å². The Labute approximate surface area is 198 Å². The minimum Gasteiger partial charge on any atom is -0.456 e. The molecule has 1 aliphatic carbocycles. The summed E-state index contributed by atoms with van der Waals surface area (Å²) in [6.07, 6.45) is 3.87. The Hall–Kier alpha value is -2.82. The Morgan fingerprint density at radius 3 is 2.21 bits per heavy atom. The molecule has 0 spiro atoms. The normalized spacial score (nSPS) is 18.5. The number of carbonyl (C=O) groups excluding carboxylic acids is 2. The number of aryl methyl sites for hydroxylation is 1. The summed E-state index contributed by atoms with van der Waals surface area (Å²) < 4.78 is 5.66. The van der Waals surface area contributed by atoms with E-state index in [1.165, 1.54) is 11.1 Å². The molecule has 1 fully saturated rings. The van der Waals surface area contributed by atoms with Gasteiger partial charge in [-0.15, -0.1) is 0 Å². The molecular weight excluding hydrogens is 412 g/mol. The van der Waals surface area contributed by atoms with Crippen LogP contribution in [-0.2, 0) is 16.1 Å². The maximum absolute atomic E-state index is 12.9. The Morgan fingerprint density at radius 2 is 1.67 bits per heavy atom. The van der Waals surface area contributed by atoms with Crippen molar-refractivity contribution in [2.75, 3.05) is 12.4 Å². The molecule has 0 atom stereocenters. The number of rotatable bonds is 6. The van der Waals surface area contributed by atoms with Crippen LogP contribution < -0.4 is 5.32 Å². The predicted molar refractivity (Wildman–Crippen MR) is 134 cm³/mol. The maximum Gasteiger partial charge on any atom is 0.340 e. The molecule has 1 saturated carbocycles. The molecule has 2 aromatic rings. The largest absolute Gasteiger partial charge is 0.456 e. The van der Waals surface area contributed by atoms with E-state index in [1.807, 2.05) is 63.1 Å². The highest BCUT2D eigenvalue weighted by atomic mass is 16.6. The molecule has 1 aliphatic rings. The lowest BCUT2D eigenvalue weighted by molar-refractivity contribution is -0.132. The fraction of sp³-hybridized carbons (Fsp3) is 0.500. The molecule has 0 saturated heterocycles. The molecule has 0 radical (unpaired) electrons. The zero-order valence-corrected chi connectivity index (χ0v) is 20.9. The molecule has 3 rings (SSSR count). The smallest absolute Gasteiger partial charge is 0.340 e. The summed E-state index contributed by atoms with van der Waals surface area (Å²) in [6.45, 7) is 10.1. The molecule has 0 unspecified atom stereocenters. The number of nitrogens with one attached hydrogen (secondary N) is 1. The van der Waals surface area contributed by atoms with Crippen molar-refractivity contribution in [2.24, 2.45) is 0 Å². The van der Waals surface area contributed by atoms with Crippen LogP contribution in [0, 0.1) is 6.92 Å². The van der Waals surface area contributed by atoms with Crippen LogP contribution in [0.25, 0.3) is 0 Å². The molecule has 1 amide bonds. The molecular formula is C28H38N2O3. The number of amides is 1. The number of anilines is 1. The summed E-state index contributed by atoms with van der Waals surface area (Å²) in [6, 6.07) is 14.3. The van der Waals surface area contributed by atoms with Crippen LogP contribution in [0.4, 0.5) is 5.69 Å². The number of carbonyl (C=O) groups is 2. The number of hydrogen-bond acceptors (Lipinski definition) is 4. The average Bonchev–Trinajstić information content (AvgIpc) is 2.76. The van der Waals surface area contributed by atoms with E-state index in [1.54, 1.807) is 6.92 Å². The van der Waals surface area contributed by atoms with Crippen LogP contribution in [0.2, 0.25) is 0 Å². The first kappa shape index (κ1) is 24.8. The second-order valence-corrected chi connectivity index (χ2v) is 10.1. The second kappa shape index (κ2) is 10.4. The predicted octanol–water partition coefficient (Wildman–Crippen LogP) is 6.07. The van der Waals surface area contributed by atoms with Gasteiger partial charge in [-0.3, -0.25) is 4.79 Å². The third-order valence-corrected chi connectivity index (χ3v) is 6.48. The van der Waals surface area contributed by atoms with Crippen LogP contribution in [0.1, 0.15) is 86.3 Å². The molecule has 5 nitrogen and oxygen atoms in total. The highest BCUT2D eigenvalue weighted by molar-refractivity contribution is 5.97. The van der Waals surface area contributed by atoms with Gasteiger partial charge in [-0.25, -0.2) is 4.79 Å². The molecule has 0 bridgehead atoms. The van der Waals surface area contributed by atoms with E-state index in [0.29, 0.717) is 18.0 Å². The van der Waals surface area contributed by atoms with Crippen molar-refractivity contribution >= 4 is 17.6 Å². The minimum atomic E-state index is -0.542. The van der Waals surface area contributed by atoms with Crippen LogP contribution in [0.15, 0.2) is 42.5 Å². The zero-order valence-electron chi connectivity index (χ0n) is 20.9. The second-order valence-electron chi connectivity index (χ2n) is 10.1. The number of esters is 1. The Balaban J connectivity index is 1.79. The SMILES string of the molecule is CNc1c(C(=O)OC(C)(C)C)ccc(C)c1[C@H]1CC[C@H](N(Cc2ccccc2)C(C)=O)CC1. The monoisotopic (exact) mass is 450 g/mol. The molecule has 0 heterocycles. The van der Waals surface area contributed by atoms with Gasteiger partial charge in [0.2, 0.25) is 5.91 Å². The summed E-state index contributed by atoms with van der Waals surface area (Å²) in [5.74, 6) is 0.172. The summed E-state index contributed by atoms with van der Waals surface area (Å²) in [7, 11) is 1.87. The van der Waals surface area contributed by atoms with E-state index in [4.69, 9.17) is 4.74 Å². The fourth-order valence-electron chi connectivity index (χ4n) is 4.98. The summed E-state index contributed by atoms with van der Waals surface area (Å²) in [4.78, 5) is 27.3. The molecule has 178 valence electrons. The molecule has 5 heteroatoms. The van der Waals surface area contributed by atoms with E-state index in [-0.39, 0.29) is 17.9 Å². The van der Waals surface area contributed by atoms with E-state index >= 15 is 0 Å². The van der Waals surface area contributed by atoms with Crippen molar-refractivity contribution < 1.29 is 14.3 Å². The number of hydrogen-bond donors (Lipinski definition) is 1. The first-order chi connectivity index (χ1) is 15.6. The van der Waals surface area contributed by atoms with E-state index in [0.717, 1.165) is 36.9 Å². The molecule has 0 aromatic heterocycles. The molecule has 2 aromatic carbocycles. The highest BCUT2D eigenvalue weighted by Crippen LogP contribution is 2.41. The highest BCUT2D eigenvalue weighted by Gasteiger charge is 2.31. The Bertz CT molecular complexity index is 971. The first-order valence-electron chi connectivity index (χ1n) is 12.0. The van der Waals surface area contributed by atoms with Crippen LogP contribution in [0.3, 0.4) is 0 Å². The van der Waals surface area contributed by atoms with Crippen LogP contribution >= 0.6 is 0 Å². The Morgan fingerprint density at radius 1 is 1.03 bits per heavy atom. The quantitative estimate of drug-likeness (QED) is 0.543. The van der Waals surface area contributed by atoms with Crippen LogP contribution in [-0.4, -0.2) is 35.5 Å². The van der Waals surface area contributed by atoms with Gasteiger partial charge in [-0.05, 0) is 82.1 Å². The van der Waals surface area contributed by atoms with Gasteiger partial charge >= 0.3 is 5.97 Å². The van der Waals surface area contributed by atoms with Gasteiger partial charge in [0.1, 0.15) is 5.60 Å². The summed E-state index contributed by atoms with van der Waals surface area (Å²) in [5, 5.41) is 3.29. The lowest BCUT2D eigenvalue weighted by Crippen LogP contribution is -2.40. The molecule has 0 aliphatic heterocycles. The van der Waals surface area contributed by atoms with Crippen LogP contribution in [0.5, 0.6) is 0 Å². The van der Waals surface area contributed by atoms with Crippen molar-refractivity contribution in [3.63, 3.8) is 0 Å². The number of ether oxygens (including phenoxy) is 1. The summed E-state index contributed by atoms with van der Waals surface area (Å²) >= 11 is 0. The van der Waals surface area contributed by atoms with E-state index in [2.05, 4.69) is 24.4 Å². The lowest BCUT2D eigenvalue weighted by Gasteiger charge is -2.37. The van der Waals surface area contributed by atoms with Gasteiger partial charge in [-0.2, -0.15) is 0 Å². The lowest BCUT2D eigenvalue weighted by atomic mass is 9.78. The third-order valence-electron chi connectivity index (χ3n) is 6.48. The van der Waals surface area contributed by atoms with Gasteiger partial charge < -0.3 is 15.0 Å². The Kier molecular flexibility index (Phi) is 7.83. The van der Waals surface area contributed by atoms with Gasteiger partial charge in [0.25, 0.3) is 0 Å². The molecule has 33 heavy (non-hydrogen) atoms. The zero-order chi connectivity index (χ0) is 24.2. The van der Waals surface area contributed by atoms with Crippen molar-refractivity contribution in [1.82, 2.24) is 4.90 Å². The van der Waals surface area contributed by atoms with E-state index < -0.39 is 5.60 Å². The van der Waals surface area contributed by atoms with Crippen molar-refractivity contribution in [3.05, 3.63) is 64.7 Å². The minimum absolute atomic E-state index is 0.126. The van der Waals surface area contributed by atoms with Gasteiger partial charge in [0.15, 0.2) is 0 Å². The fourth-order valence-corrected chi connectivity index (χ4v) is 4.98. The van der Waals surface area contributed by atoms with Crippen molar-refractivity contribution in [3.8, 4) is 0 Å². The van der Waals surface area contributed by atoms with Gasteiger partial charge in [0, 0.05) is 26.6 Å². The van der Waals surface area contributed by atoms with Gasteiger partial charge in [0.05, 0.1) is 11.3 Å². The van der Waals surface area contributed by atoms with Gasteiger partial charge in [-0.1, -0.05) is 36.4 Å². The summed E-state index contributed by atoms with van der Waals surface area (Å²) in [5.41, 5.74) is 4.47.